The molecule has 0 saturated carbocycles. The Morgan fingerprint density at radius 2 is 2.07 bits per heavy atom. The van der Waals surface area contributed by atoms with E-state index in [1.807, 2.05) is 25.1 Å². The summed E-state index contributed by atoms with van der Waals surface area (Å²) >= 11 is 1.52. The van der Waals surface area contributed by atoms with Crippen LogP contribution in [0.3, 0.4) is 0 Å². The van der Waals surface area contributed by atoms with Gasteiger partial charge in [-0.15, -0.1) is 11.3 Å². The lowest BCUT2D eigenvalue weighted by molar-refractivity contribution is -0.0528. The molecule has 2 aromatic heterocycles. The third-order valence-corrected chi connectivity index (χ3v) is 6.21. The number of hydrogen-bond donors (Lipinski definition) is 1. The van der Waals surface area contributed by atoms with Gasteiger partial charge < -0.3 is 14.6 Å². The van der Waals surface area contributed by atoms with Crippen molar-refractivity contribution in [2.24, 2.45) is 0 Å². The molecule has 154 valence electrons. The summed E-state index contributed by atoms with van der Waals surface area (Å²) in [7, 11) is 0. The van der Waals surface area contributed by atoms with Crippen LogP contribution in [0.5, 0.6) is 11.6 Å². The van der Waals surface area contributed by atoms with Crippen molar-refractivity contribution in [3.05, 3.63) is 41.6 Å². The molecule has 1 aliphatic heterocycles. The van der Waals surface area contributed by atoms with Crippen molar-refractivity contribution in [3.63, 3.8) is 0 Å². The van der Waals surface area contributed by atoms with Crippen LogP contribution in [0.15, 0.2) is 30.5 Å². The van der Waals surface area contributed by atoms with Gasteiger partial charge in [0.25, 0.3) is 0 Å². The first kappa shape index (κ1) is 19.1. The third-order valence-electron chi connectivity index (χ3n) is 5.05. The third kappa shape index (κ3) is 3.23. The van der Waals surface area contributed by atoms with Crippen LogP contribution in [-0.2, 0) is 6.42 Å². The second-order valence-electron chi connectivity index (χ2n) is 7.28. The Balaban J connectivity index is 1.63. The number of aromatic nitrogens is 3. The normalized spacial score (nSPS) is 16.8. The van der Waals surface area contributed by atoms with E-state index in [2.05, 4.69) is 14.7 Å². The Morgan fingerprint density at radius 3 is 2.83 bits per heavy atom. The number of rotatable bonds is 4. The molecule has 0 radical (unpaired) electrons. The standard InChI is InChI=1S/C21H17F2N3O3S/c1-9-5-12(18-14(6-9)25-17(8-24-18)29-21(22)23)20-26-13-3-4-15-11(19(13)30-20)7-16(28-15)10(2)27/h3-6,8,10,16,21,27H,7H2,1-2H3/t10?,16-/m0/s1. The molecule has 1 aliphatic rings. The topological polar surface area (TPSA) is 77.4 Å². The van der Waals surface area contributed by atoms with Crippen molar-refractivity contribution in [3.8, 4) is 22.2 Å². The fraction of sp³-hybridized carbons (Fsp3) is 0.286. The summed E-state index contributed by atoms with van der Waals surface area (Å²) in [5.41, 5.74) is 4.59. The highest BCUT2D eigenvalue weighted by Crippen LogP contribution is 2.42. The van der Waals surface area contributed by atoms with Crippen molar-refractivity contribution in [2.45, 2.75) is 39.1 Å². The fourth-order valence-corrected chi connectivity index (χ4v) is 4.81. The monoisotopic (exact) mass is 429 g/mol. The first-order valence-electron chi connectivity index (χ1n) is 9.39. The van der Waals surface area contributed by atoms with Crippen LogP contribution in [0.1, 0.15) is 18.1 Å². The molecule has 4 aromatic rings. The highest BCUT2D eigenvalue weighted by molar-refractivity contribution is 7.22. The lowest BCUT2D eigenvalue weighted by Crippen LogP contribution is -2.26. The number of fused-ring (bicyclic) bond motifs is 4. The smallest absolute Gasteiger partial charge is 0.388 e. The van der Waals surface area contributed by atoms with Crippen molar-refractivity contribution >= 4 is 32.6 Å². The SMILES string of the molecule is Cc1cc(-c2nc3ccc4c(c3s2)C[C@@H](C(C)O)O4)c2ncc(OC(F)F)nc2c1. The lowest BCUT2D eigenvalue weighted by atomic mass is 10.1. The summed E-state index contributed by atoms with van der Waals surface area (Å²) in [6.07, 6.45) is 0.976. The van der Waals surface area contributed by atoms with Crippen molar-refractivity contribution in [2.75, 3.05) is 0 Å². The van der Waals surface area contributed by atoms with E-state index in [0.29, 0.717) is 17.5 Å². The molecule has 0 spiro atoms. The maximum absolute atomic E-state index is 12.5. The summed E-state index contributed by atoms with van der Waals surface area (Å²) in [6.45, 7) is 0.660. The van der Waals surface area contributed by atoms with Gasteiger partial charge in [0.2, 0.25) is 5.88 Å². The first-order valence-corrected chi connectivity index (χ1v) is 10.2. The minimum atomic E-state index is -2.96. The van der Waals surface area contributed by atoms with Crippen LogP contribution in [0, 0.1) is 6.92 Å². The average Bonchev–Trinajstić information content (AvgIpc) is 3.30. The molecule has 6 nitrogen and oxygen atoms in total. The van der Waals surface area contributed by atoms with Crippen molar-refractivity contribution < 1.29 is 23.4 Å². The van der Waals surface area contributed by atoms with E-state index in [0.717, 1.165) is 37.7 Å². The predicted octanol–water partition coefficient (Wildman–Crippen LogP) is 4.50. The summed E-state index contributed by atoms with van der Waals surface area (Å²) in [4.78, 5) is 13.3. The quantitative estimate of drug-likeness (QED) is 0.515. The number of aliphatic hydroxyl groups is 1. The number of aryl methyl sites for hydroxylation is 1. The molecule has 30 heavy (non-hydrogen) atoms. The molecule has 9 heteroatoms. The minimum absolute atomic E-state index is 0.225. The number of thiazole rings is 1. The molecule has 0 fully saturated rings. The van der Waals surface area contributed by atoms with Gasteiger partial charge >= 0.3 is 6.61 Å². The van der Waals surface area contributed by atoms with Crippen LogP contribution < -0.4 is 9.47 Å². The van der Waals surface area contributed by atoms with E-state index < -0.39 is 12.7 Å². The number of benzene rings is 2. The average molecular weight is 429 g/mol. The van der Waals surface area contributed by atoms with Gasteiger partial charge in [0.15, 0.2) is 0 Å². The van der Waals surface area contributed by atoms with Crippen LogP contribution in [0.2, 0.25) is 0 Å². The molecule has 1 N–H and O–H groups in total. The molecule has 2 aromatic carbocycles. The van der Waals surface area contributed by atoms with E-state index in [9.17, 15) is 13.9 Å². The highest BCUT2D eigenvalue weighted by Gasteiger charge is 2.29. The van der Waals surface area contributed by atoms with Crippen LogP contribution >= 0.6 is 11.3 Å². The van der Waals surface area contributed by atoms with Gasteiger partial charge in [-0.2, -0.15) is 8.78 Å². The van der Waals surface area contributed by atoms with E-state index in [1.54, 1.807) is 13.0 Å². The molecule has 0 aliphatic carbocycles. The molecular formula is C21H17F2N3O3S. The Kier molecular flexibility index (Phi) is 4.52. The van der Waals surface area contributed by atoms with E-state index in [-0.39, 0.29) is 12.0 Å². The number of aliphatic hydroxyl groups excluding tert-OH is 1. The highest BCUT2D eigenvalue weighted by atomic mass is 32.1. The number of halogens is 2. The van der Waals surface area contributed by atoms with Crippen LogP contribution in [0.4, 0.5) is 8.78 Å². The Morgan fingerprint density at radius 1 is 1.23 bits per heavy atom. The van der Waals surface area contributed by atoms with E-state index >= 15 is 0 Å². The minimum Gasteiger partial charge on any atom is -0.487 e. The van der Waals surface area contributed by atoms with Crippen molar-refractivity contribution in [1.29, 1.82) is 0 Å². The molecule has 0 bridgehead atoms. The van der Waals surface area contributed by atoms with Gasteiger partial charge in [0, 0.05) is 17.5 Å². The largest absolute Gasteiger partial charge is 0.487 e. The fourth-order valence-electron chi connectivity index (χ4n) is 3.68. The number of alkyl halides is 2. The number of ether oxygens (including phenoxy) is 2. The summed E-state index contributed by atoms with van der Waals surface area (Å²) in [6, 6.07) is 7.51. The zero-order valence-electron chi connectivity index (χ0n) is 16.1. The second kappa shape index (κ2) is 7.10. The first-order chi connectivity index (χ1) is 14.4. The zero-order chi connectivity index (χ0) is 21.0. The molecule has 0 saturated heterocycles. The van der Waals surface area contributed by atoms with Gasteiger partial charge in [0.05, 0.1) is 33.6 Å². The summed E-state index contributed by atoms with van der Waals surface area (Å²) in [5.74, 6) is 0.545. The van der Waals surface area contributed by atoms with Gasteiger partial charge in [-0.25, -0.2) is 15.0 Å². The van der Waals surface area contributed by atoms with Crippen LogP contribution in [-0.4, -0.2) is 38.9 Å². The lowest BCUT2D eigenvalue weighted by Gasteiger charge is -2.12. The van der Waals surface area contributed by atoms with Gasteiger partial charge in [-0.3, -0.25) is 0 Å². The predicted molar refractivity (Wildman–Crippen MR) is 109 cm³/mol. The summed E-state index contributed by atoms with van der Waals surface area (Å²) in [5, 5.41) is 10.6. The maximum atomic E-state index is 12.5. The van der Waals surface area contributed by atoms with Crippen molar-refractivity contribution in [1.82, 2.24) is 15.0 Å². The van der Waals surface area contributed by atoms with Crippen LogP contribution in [0.25, 0.3) is 31.8 Å². The van der Waals surface area contributed by atoms with E-state index in [4.69, 9.17) is 9.72 Å². The summed E-state index contributed by atoms with van der Waals surface area (Å²) < 4.78 is 36.3. The van der Waals surface area contributed by atoms with Gasteiger partial charge in [-0.05, 0) is 43.7 Å². The Bertz CT molecular complexity index is 1280. The second-order valence-corrected chi connectivity index (χ2v) is 8.28. The molecule has 0 amide bonds. The number of nitrogens with zero attached hydrogens (tertiary/aromatic N) is 3. The zero-order valence-corrected chi connectivity index (χ0v) is 16.9. The molecule has 2 atom stereocenters. The van der Waals surface area contributed by atoms with E-state index in [1.165, 1.54) is 17.5 Å². The number of hydrogen-bond acceptors (Lipinski definition) is 7. The Labute approximate surface area is 174 Å². The Hall–Kier alpha value is -2.91. The van der Waals surface area contributed by atoms with Gasteiger partial charge in [-0.1, -0.05) is 0 Å². The maximum Gasteiger partial charge on any atom is 0.388 e. The van der Waals surface area contributed by atoms with Gasteiger partial charge in [0.1, 0.15) is 16.9 Å². The molecule has 3 heterocycles. The molecule has 5 rings (SSSR count). The molecule has 1 unspecified atom stereocenters. The molecular weight excluding hydrogens is 412 g/mol.